The summed E-state index contributed by atoms with van der Waals surface area (Å²) >= 11 is 0. The molecule has 1 fully saturated rings. The van der Waals surface area contributed by atoms with E-state index >= 15 is 0 Å². The molecule has 0 unspecified atom stereocenters. The van der Waals surface area contributed by atoms with Crippen LogP contribution in [0.5, 0.6) is 0 Å². The highest BCUT2D eigenvalue weighted by atomic mass is 16.6. The second-order valence-corrected chi connectivity index (χ2v) is 6.75. The smallest absolute Gasteiger partial charge is 0.410 e. The number of nitrogens with two attached hydrogens (primary N) is 1. The zero-order chi connectivity index (χ0) is 17.3. The summed E-state index contributed by atoms with van der Waals surface area (Å²) in [5.41, 5.74) is 5.57. The maximum absolute atomic E-state index is 12.0. The van der Waals surface area contributed by atoms with Crippen molar-refractivity contribution in [3.05, 3.63) is 0 Å². The molecule has 7 nitrogen and oxygen atoms in total. The van der Waals surface area contributed by atoms with Crippen molar-refractivity contribution in [2.45, 2.75) is 45.6 Å². The monoisotopic (exact) mass is 328 g/mol. The Morgan fingerprint density at radius 3 is 2.26 bits per heavy atom. The molecule has 0 aromatic rings. The summed E-state index contributed by atoms with van der Waals surface area (Å²) in [6.07, 6.45) is 2.91. The van der Waals surface area contributed by atoms with E-state index in [4.69, 9.17) is 15.2 Å². The molecule has 1 heterocycles. The summed E-state index contributed by atoms with van der Waals surface area (Å²) in [7, 11) is 1.72. The van der Waals surface area contributed by atoms with Gasteiger partial charge in [-0.25, -0.2) is 4.79 Å². The quantitative estimate of drug-likeness (QED) is 0.456. The zero-order valence-corrected chi connectivity index (χ0v) is 15.0. The van der Waals surface area contributed by atoms with Gasteiger partial charge in [-0.05, 0) is 40.0 Å². The highest BCUT2D eigenvalue weighted by Gasteiger charge is 2.26. The predicted octanol–water partition coefficient (Wildman–Crippen LogP) is 1.67. The molecule has 1 aliphatic heterocycles. The minimum Gasteiger partial charge on any atom is -0.444 e. The van der Waals surface area contributed by atoms with Crippen molar-refractivity contribution in [2.75, 3.05) is 46.4 Å². The molecule has 2 N–H and O–H groups in total. The fourth-order valence-corrected chi connectivity index (χ4v) is 2.27. The van der Waals surface area contributed by atoms with E-state index in [2.05, 4.69) is 4.99 Å². The first-order valence-electron chi connectivity index (χ1n) is 8.35. The van der Waals surface area contributed by atoms with Crippen LogP contribution < -0.4 is 5.73 Å². The van der Waals surface area contributed by atoms with Crippen LogP contribution in [0.25, 0.3) is 0 Å². The zero-order valence-electron chi connectivity index (χ0n) is 15.0. The number of ether oxygens (including phenoxy) is 2. The molecule has 134 valence electrons. The number of amides is 1. The number of methoxy groups -OCH3 is 1. The standard InChI is InChI=1S/C16H32N4O3/c1-16(2,3)23-15(21)20-11-9-19(10-12-20)14(17)18-8-6-5-7-13-22-4/h5-13H2,1-4H3,(H2,17,18). The molecule has 23 heavy (non-hydrogen) atoms. The topological polar surface area (TPSA) is 80.4 Å². The number of carbonyl (C=O) groups excluding carboxylic acids is 1. The van der Waals surface area contributed by atoms with E-state index < -0.39 is 5.60 Å². The first-order chi connectivity index (χ1) is 10.8. The molecule has 0 saturated carbocycles. The molecular weight excluding hydrogens is 296 g/mol. The highest BCUT2D eigenvalue weighted by molar-refractivity contribution is 5.78. The number of hydrogen-bond acceptors (Lipinski definition) is 4. The number of nitrogens with zero attached hydrogens (tertiary/aromatic N) is 3. The van der Waals surface area contributed by atoms with Crippen LogP contribution in [-0.2, 0) is 9.47 Å². The van der Waals surface area contributed by atoms with Gasteiger partial charge in [-0.3, -0.25) is 4.99 Å². The number of hydrogen-bond donors (Lipinski definition) is 1. The van der Waals surface area contributed by atoms with Gasteiger partial charge >= 0.3 is 6.09 Å². The summed E-state index contributed by atoms with van der Waals surface area (Å²) in [6, 6.07) is 0. The van der Waals surface area contributed by atoms with Gasteiger partial charge in [0.2, 0.25) is 0 Å². The molecule has 7 heteroatoms. The third kappa shape index (κ3) is 8.06. The molecule has 0 radical (unpaired) electrons. The van der Waals surface area contributed by atoms with E-state index in [0.717, 1.165) is 32.4 Å². The minimum absolute atomic E-state index is 0.259. The van der Waals surface area contributed by atoms with E-state index in [1.54, 1.807) is 12.0 Å². The number of guanidine groups is 1. The molecule has 1 saturated heterocycles. The Hall–Kier alpha value is -1.50. The molecule has 0 bridgehead atoms. The first-order valence-corrected chi connectivity index (χ1v) is 8.35. The van der Waals surface area contributed by atoms with Gasteiger partial charge in [0.25, 0.3) is 0 Å². The van der Waals surface area contributed by atoms with Crippen molar-refractivity contribution in [2.24, 2.45) is 10.7 Å². The van der Waals surface area contributed by atoms with Crippen LogP contribution in [0.4, 0.5) is 4.79 Å². The average Bonchev–Trinajstić information content (AvgIpc) is 2.49. The summed E-state index contributed by atoms with van der Waals surface area (Å²) in [6.45, 7) is 9.76. The third-order valence-electron chi connectivity index (χ3n) is 3.54. The van der Waals surface area contributed by atoms with Crippen LogP contribution in [0.15, 0.2) is 4.99 Å². The summed E-state index contributed by atoms with van der Waals surface area (Å²) in [5, 5.41) is 0. The van der Waals surface area contributed by atoms with Crippen molar-refractivity contribution < 1.29 is 14.3 Å². The minimum atomic E-state index is -0.461. The molecule has 1 rings (SSSR count). The van der Waals surface area contributed by atoms with Crippen molar-refractivity contribution in [1.29, 1.82) is 0 Å². The Labute approximate surface area is 139 Å². The van der Waals surface area contributed by atoms with Gasteiger partial charge in [-0.2, -0.15) is 0 Å². The van der Waals surface area contributed by atoms with Crippen LogP contribution in [0.2, 0.25) is 0 Å². The fourth-order valence-electron chi connectivity index (χ4n) is 2.27. The maximum Gasteiger partial charge on any atom is 0.410 e. The van der Waals surface area contributed by atoms with Gasteiger partial charge < -0.3 is 25.0 Å². The van der Waals surface area contributed by atoms with Gasteiger partial charge in [0.15, 0.2) is 5.96 Å². The normalized spacial score (nSPS) is 16.6. The van der Waals surface area contributed by atoms with Crippen molar-refractivity contribution in [3.63, 3.8) is 0 Å². The summed E-state index contributed by atoms with van der Waals surface area (Å²) < 4.78 is 10.4. The predicted molar refractivity (Wildman–Crippen MR) is 91.6 cm³/mol. The van der Waals surface area contributed by atoms with Crippen molar-refractivity contribution >= 4 is 12.1 Å². The maximum atomic E-state index is 12.0. The largest absolute Gasteiger partial charge is 0.444 e. The molecule has 1 amide bonds. The van der Waals surface area contributed by atoms with Crippen LogP contribution >= 0.6 is 0 Å². The molecule has 1 aliphatic rings. The average molecular weight is 328 g/mol. The lowest BCUT2D eigenvalue weighted by atomic mass is 10.2. The first kappa shape index (κ1) is 19.5. The molecular formula is C16H32N4O3. The number of aliphatic imine (C=N–C) groups is 1. The lowest BCUT2D eigenvalue weighted by Gasteiger charge is -2.36. The van der Waals surface area contributed by atoms with Crippen LogP contribution in [-0.4, -0.2) is 73.9 Å². The second-order valence-electron chi connectivity index (χ2n) is 6.75. The van der Waals surface area contributed by atoms with Crippen LogP contribution in [0.3, 0.4) is 0 Å². The van der Waals surface area contributed by atoms with Crippen LogP contribution in [0.1, 0.15) is 40.0 Å². The lowest BCUT2D eigenvalue weighted by Crippen LogP contribution is -2.53. The Balaban J connectivity index is 2.28. The molecule has 0 spiro atoms. The SMILES string of the molecule is COCCCCCN=C(N)N1CCN(C(=O)OC(C)(C)C)CC1. The van der Waals surface area contributed by atoms with E-state index in [-0.39, 0.29) is 6.09 Å². The van der Waals surface area contributed by atoms with Crippen LogP contribution in [0, 0.1) is 0 Å². The number of unbranched alkanes of at least 4 members (excludes halogenated alkanes) is 2. The number of carbonyl (C=O) groups is 1. The van der Waals surface area contributed by atoms with E-state index in [9.17, 15) is 4.79 Å². The molecule has 0 aromatic carbocycles. The van der Waals surface area contributed by atoms with Crippen molar-refractivity contribution in [1.82, 2.24) is 9.80 Å². The van der Waals surface area contributed by atoms with Gasteiger partial charge in [-0.15, -0.1) is 0 Å². The fraction of sp³-hybridized carbons (Fsp3) is 0.875. The molecule has 0 aliphatic carbocycles. The lowest BCUT2D eigenvalue weighted by molar-refractivity contribution is 0.0186. The summed E-state index contributed by atoms with van der Waals surface area (Å²) in [5.74, 6) is 0.570. The van der Waals surface area contributed by atoms with Crippen molar-refractivity contribution in [3.8, 4) is 0 Å². The second kappa shape index (κ2) is 9.60. The van der Waals surface area contributed by atoms with E-state index in [0.29, 0.717) is 32.1 Å². The summed E-state index contributed by atoms with van der Waals surface area (Å²) in [4.78, 5) is 20.2. The Bertz CT molecular complexity index is 385. The molecule has 0 aromatic heterocycles. The highest BCUT2D eigenvalue weighted by Crippen LogP contribution is 2.11. The van der Waals surface area contributed by atoms with E-state index in [1.165, 1.54) is 0 Å². The third-order valence-corrected chi connectivity index (χ3v) is 3.54. The van der Waals surface area contributed by atoms with Gasteiger partial charge in [0.1, 0.15) is 5.60 Å². The van der Waals surface area contributed by atoms with E-state index in [1.807, 2.05) is 25.7 Å². The number of piperazine rings is 1. The van der Waals surface area contributed by atoms with Gasteiger partial charge in [-0.1, -0.05) is 0 Å². The molecule has 0 atom stereocenters. The van der Waals surface area contributed by atoms with Gasteiger partial charge in [0, 0.05) is 46.4 Å². The number of rotatable bonds is 6. The van der Waals surface area contributed by atoms with Gasteiger partial charge in [0.05, 0.1) is 0 Å². The Morgan fingerprint density at radius 1 is 1.09 bits per heavy atom. The Kier molecular flexibility index (Phi) is 8.16. The Morgan fingerprint density at radius 2 is 1.70 bits per heavy atom.